The number of ether oxygens (including phenoxy) is 2. The molecule has 1 aromatic carbocycles. The van der Waals surface area contributed by atoms with Crippen molar-refractivity contribution in [2.24, 2.45) is 5.41 Å². The fourth-order valence-electron chi connectivity index (χ4n) is 2.19. The molecule has 0 spiro atoms. The second-order valence-corrected chi connectivity index (χ2v) is 7.22. The summed E-state index contributed by atoms with van der Waals surface area (Å²) < 4.78 is 10.4. The number of nitrogens with zero attached hydrogens (tertiary/aromatic N) is 1. The smallest absolute Gasteiger partial charge is 0.347 e. The van der Waals surface area contributed by atoms with E-state index in [1.165, 1.54) is 18.9 Å². The van der Waals surface area contributed by atoms with Gasteiger partial charge < -0.3 is 14.4 Å². The zero-order valence-corrected chi connectivity index (χ0v) is 15.5. The number of carbonyl (C=O) groups excluding carboxylic acids is 3. The first-order valence-corrected chi connectivity index (χ1v) is 8.22. The second-order valence-electron chi connectivity index (χ2n) is 7.22. The molecule has 0 heterocycles. The van der Waals surface area contributed by atoms with Crippen molar-refractivity contribution in [3.05, 3.63) is 35.9 Å². The first kappa shape index (κ1) is 20.7. The molecule has 0 bridgehead atoms. The maximum atomic E-state index is 12.4. The van der Waals surface area contributed by atoms with Gasteiger partial charge in [0.2, 0.25) is 6.41 Å². The molecule has 0 aliphatic rings. The lowest BCUT2D eigenvalue weighted by atomic mass is 9.87. The molecule has 1 rings (SSSR count). The maximum Gasteiger partial charge on any atom is 0.347 e. The van der Waals surface area contributed by atoms with E-state index in [4.69, 9.17) is 9.47 Å². The predicted molar refractivity (Wildman–Crippen MR) is 93.5 cm³/mol. The summed E-state index contributed by atoms with van der Waals surface area (Å²) in [4.78, 5) is 36.7. The minimum Gasteiger partial charge on any atom is -0.458 e. The quantitative estimate of drug-likeness (QED) is 0.533. The van der Waals surface area contributed by atoms with Gasteiger partial charge in [-0.2, -0.15) is 0 Å². The lowest BCUT2D eigenvalue weighted by Crippen LogP contribution is -2.43. The number of benzene rings is 1. The highest BCUT2D eigenvalue weighted by atomic mass is 16.6. The number of hydrogen-bond donors (Lipinski definition) is 0. The molecule has 0 N–H and O–H groups in total. The number of hydrogen-bond acceptors (Lipinski definition) is 5. The Kier molecular flexibility index (Phi) is 7.61. The topological polar surface area (TPSA) is 72.9 Å². The molecule has 2 atom stereocenters. The van der Waals surface area contributed by atoms with Crippen molar-refractivity contribution in [3.63, 3.8) is 0 Å². The molecule has 0 aromatic heterocycles. The molecule has 6 heteroatoms. The monoisotopic (exact) mass is 349 g/mol. The van der Waals surface area contributed by atoms with Crippen molar-refractivity contribution in [1.82, 2.24) is 4.90 Å². The largest absolute Gasteiger partial charge is 0.458 e. The third-order valence-corrected chi connectivity index (χ3v) is 3.58. The standard InChI is InChI=1S/C19H27NO5/c1-14(17(22)24-12-15-9-7-6-8-10-15)25-18(23)16(20(5)13-21)11-19(2,3)4/h6-10,13-14,16H,11-12H2,1-5H3/t14-,16+/m1/s1. The average Bonchev–Trinajstić information content (AvgIpc) is 2.56. The van der Waals surface area contributed by atoms with Gasteiger partial charge in [0.15, 0.2) is 6.10 Å². The summed E-state index contributed by atoms with van der Waals surface area (Å²) >= 11 is 0. The van der Waals surface area contributed by atoms with Crippen LogP contribution in [-0.2, 0) is 30.5 Å². The van der Waals surface area contributed by atoms with Crippen molar-refractivity contribution in [1.29, 1.82) is 0 Å². The van der Waals surface area contributed by atoms with Crippen molar-refractivity contribution in [2.75, 3.05) is 7.05 Å². The summed E-state index contributed by atoms with van der Waals surface area (Å²) in [5.41, 5.74) is 0.665. The third-order valence-electron chi connectivity index (χ3n) is 3.58. The average molecular weight is 349 g/mol. The minimum atomic E-state index is -1.04. The van der Waals surface area contributed by atoms with Gasteiger partial charge in [0, 0.05) is 7.05 Å². The molecule has 0 radical (unpaired) electrons. The molecule has 6 nitrogen and oxygen atoms in total. The fourth-order valence-corrected chi connectivity index (χ4v) is 2.19. The zero-order valence-electron chi connectivity index (χ0n) is 15.5. The molecule has 138 valence electrons. The Balaban J connectivity index is 2.62. The normalized spacial score (nSPS) is 13.5. The summed E-state index contributed by atoms with van der Waals surface area (Å²) in [5, 5.41) is 0. The lowest BCUT2D eigenvalue weighted by molar-refractivity contribution is -0.171. The fraction of sp³-hybridized carbons (Fsp3) is 0.526. The highest BCUT2D eigenvalue weighted by molar-refractivity contribution is 5.82. The van der Waals surface area contributed by atoms with Crippen LogP contribution in [0.2, 0.25) is 0 Å². The Labute approximate surface area is 149 Å². The van der Waals surface area contributed by atoms with Gasteiger partial charge in [-0.05, 0) is 24.3 Å². The van der Waals surface area contributed by atoms with E-state index in [1.54, 1.807) is 0 Å². The van der Waals surface area contributed by atoms with Gasteiger partial charge in [-0.15, -0.1) is 0 Å². The van der Waals surface area contributed by atoms with Gasteiger partial charge in [0.1, 0.15) is 12.6 Å². The van der Waals surface area contributed by atoms with Crippen LogP contribution in [0.5, 0.6) is 0 Å². The molecule has 0 aliphatic carbocycles. The minimum absolute atomic E-state index is 0.112. The van der Waals surface area contributed by atoms with Crippen molar-refractivity contribution < 1.29 is 23.9 Å². The van der Waals surface area contributed by atoms with E-state index in [9.17, 15) is 14.4 Å². The Morgan fingerprint density at radius 3 is 2.28 bits per heavy atom. The molecule has 25 heavy (non-hydrogen) atoms. The molecule has 1 amide bonds. The zero-order chi connectivity index (χ0) is 19.0. The summed E-state index contributed by atoms with van der Waals surface area (Å²) in [7, 11) is 1.52. The lowest BCUT2D eigenvalue weighted by Gasteiger charge is -2.29. The van der Waals surface area contributed by atoms with Crippen LogP contribution in [0.3, 0.4) is 0 Å². The van der Waals surface area contributed by atoms with Gasteiger partial charge in [-0.25, -0.2) is 9.59 Å². The van der Waals surface area contributed by atoms with Crippen LogP contribution in [0.4, 0.5) is 0 Å². The number of likely N-dealkylation sites (N-methyl/N-ethyl adjacent to an activating group) is 1. The highest BCUT2D eigenvalue weighted by Crippen LogP contribution is 2.23. The molecule has 0 saturated heterocycles. The molecular formula is C19H27NO5. The molecule has 0 unspecified atom stereocenters. The molecule has 1 aromatic rings. The van der Waals surface area contributed by atoms with Gasteiger partial charge in [0.25, 0.3) is 0 Å². The Morgan fingerprint density at radius 2 is 1.76 bits per heavy atom. The SMILES string of the molecule is C[C@@H](OC(=O)[C@H](CC(C)(C)C)N(C)C=O)C(=O)OCc1ccccc1. The number of amides is 1. The van der Waals surface area contributed by atoms with E-state index in [0.29, 0.717) is 12.8 Å². The van der Waals surface area contributed by atoms with E-state index >= 15 is 0 Å². The predicted octanol–water partition coefficient (Wildman–Crippen LogP) is 2.55. The Morgan fingerprint density at radius 1 is 1.16 bits per heavy atom. The second kappa shape index (κ2) is 9.20. The van der Waals surface area contributed by atoms with Gasteiger partial charge in [0.05, 0.1) is 0 Å². The summed E-state index contributed by atoms with van der Waals surface area (Å²) in [5.74, 6) is -1.24. The van der Waals surface area contributed by atoms with Gasteiger partial charge in [-0.3, -0.25) is 4.79 Å². The van der Waals surface area contributed by atoms with Crippen LogP contribution in [0, 0.1) is 5.41 Å². The van der Waals surface area contributed by atoms with E-state index in [2.05, 4.69) is 0 Å². The summed E-state index contributed by atoms with van der Waals surface area (Å²) in [6.45, 7) is 7.46. The number of carbonyl (C=O) groups is 3. The Hall–Kier alpha value is -2.37. The van der Waals surface area contributed by atoms with Crippen LogP contribution in [0.15, 0.2) is 30.3 Å². The molecule has 0 saturated carbocycles. The number of esters is 2. The van der Waals surface area contributed by atoms with E-state index in [1.807, 2.05) is 51.1 Å². The van der Waals surface area contributed by atoms with Crippen LogP contribution in [-0.4, -0.2) is 42.4 Å². The maximum absolute atomic E-state index is 12.4. The van der Waals surface area contributed by atoms with Crippen LogP contribution in [0.1, 0.15) is 39.7 Å². The molecule has 0 aliphatic heterocycles. The van der Waals surface area contributed by atoms with Crippen molar-refractivity contribution >= 4 is 18.3 Å². The number of rotatable bonds is 8. The summed E-state index contributed by atoms with van der Waals surface area (Å²) in [6.07, 6.45) is -0.0399. The first-order chi connectivity index (χ1) is 11.6. The van der Waals surface area contributed by atoms with E-state index in [0.717, 1.165) is 5.56 Å². The van der Waals surface area contributed by atoms with Crippen molar-refractivity contribution in [3.8, 4) is 0 Å². The summed E-state index contributed by atoms with van der Waals surface area (Å²) in [6, 6.07) is 8.49. The Bertz CT molecular complexity index is 579. The van der Waals surface area contributed by atoms with Crippen LogP contribution < -0.4 is 0 Å². The molecule has 0 fully saturated rings. The molecular weight excluding hydrogens is 322 g/mol. The van der Waals surface area contributed by atoms with Crippen LogP contribution >= 0.6 is 0 Å². The van der Waals surface area contributed by atoms with E-state index < -0.39 is 24.1 Å². The first-order valence-electron chi connectivity index (χ1n) is 8.22. The van der Waals surface area contributed by atoms with E-state index in [-0.39, 0.29) is 12.0 Å². The highest BCUT2D eigenvalue weighted by Gasteiger charge is 2.31. The third kappa shape index (κ3) is 7.37. The van der Waals surface area contributed by atoms with Crippen molar-refractivity contribution in [2.45, 2.75) is 52.9 Å². The van der Waals surface area contributed by atoms with Gasteiger partial charge in [-0.1, -0.05) is 51.1 Å². The van der Waals surface area contributed by atoms with Gasteiger partial charge >= 0.3 is 11.9 Å². The van der Waals surface area contributed by atoms with Crippen LogP contribution in [0.25, 0.3) is 0 Å².